The Balaban J connectivity index is 2.25. The minimum Gasteiger partial charge on any atom is -0.480 e. The summed E-state index contributed by atoms with van der Waals surface area (Å²) >= 11 is 1.53. The quantitative estimate of drug-likeness (QED) is 0.168. The first kappa shape index (κ1) is 33.3. The maximum Gasteiger partial charge on any atom is 0.326 e. The zero-order valence-corrected chi connectivity index (χ0v) is 24.5. The number of hydrogen-bond donors (Lipinski definition) is 5. The molecule has 0 aromatic heterocycles. The van der Waals surface area contributed by atoms with Crippen LogP contribution in [0.15, 0.2) is 60.7 Å². The number of carboxylic acids is 1. The lowest BCUT2D eigenvalue weighted by Gasteiger charge is -2.26. The molecule has 2 aromatic rings. The molecule has 10 nitrogen and oxygen atoms in total. The highest BCUT2D eigenvalue weighted by Crippen LogP contribution is 2.10. The van der Waals surface area contributed by atoms with E-state index in [2.05, 4.69) is 21.3 Å². The molecular formula is C30H40N4O6S. The van der Waals surface area contributed by atoms with E-state index in [1.165, 1.54) is 11.8 Å². The first-order chi connectivity index (χ1) is 19.6. The molecule has 4 atom stereocenters. The monoisotopic (exact) mass is 584 g/mol. The van der Waals surface area contributed by atoms with Gasteiger partial charge in [0.2, 0.25) is 24.1 Å². The molecular weight excluding hydrogens is 544 g/mol. The molecule has 0 saturated carbocycles. The topological polar surface area (TPSA) is 154 Å². The van der Waals surface area contributed by atoms with Crippen molar-refractivity contribution in [1.29, 1.82) is 0 Å². The SMILES string of the molecule is CSCC[C@H](NC=O)C(=O)N[C@H](CC(C)C)C(=O)N[C@@H](Cc1ccccc1)C(=O)N[C@H](Cc1ccccc1)C(=O)O. The van der Waals surface area contributed by atoms with Crippen LogP contribution in [0.25, 0.3) is 0 Å². The van der Waals surface area contributed by atoms with Gasteiger partial charge >= 0.3 is 5.97 Å². The largest absolute Gasteiger partial charge is 0.480 e. The van der Waals surface area contributed by atoms with E-state index in [0.717, 1.165) is 11.1 Å². The number of thioether (sulfide) groups is 1. The Morgan fingerprint density at radius 1 is 0.756 bits per heavy atom. The van der Waals surface area contributed by atoms with Crippen LogP contribution in [0.1, 0.15) is 37.8 Å². The summed E-state index contributed by atoms with van der Waals surface area (Å²) in [5, 5.41) is 20.4. The van der Waals surface area contributed by atoms with Gasteiger partial charge in [-0.05, 0) is 41.9 Å². The first-order valence-electron chi connectivity index (χ1n) is 13.5. The van der Waals surface area contributed by atoms with Gasteiger partial charge in [0, 0.05) is 12.8 Å². The molecule has 0 unspecified atom stereocenters. The van der Waals surface area contributed by atoms with Crippen LogP contribution in [0.3, 0.4) is 0 Å². The number of aliphatic carboxylic acids is 1. The van der Waals surface area contributed by atoms with Crippen molar-refractivity contribution in [3.8, 4) is 0 Å². The lowest BCUT2D eigenvalue weighted by Crippen LogP contribution is -2.58. The highest BCUT2D eigenvalue weighted by molar-refractivity contribution is 7.98. The number of carbonyl (C=O) groups is 5. The number of nitrogens with one attached hydrogen (secondary N) is 4. The second-order valence-corrected chi connectivity index (χ2v) is 11.1. The molecule has 0 aliphatic rings. The van der Waals surface area contributed by atoms with Gasteiger partial charge < -0.3 is 26.4 Å². The van der Waals surface area contributed by atoms with E-state index in [4.69, 9.17) is 0 Å². The molecule has 2 aromatic carbocycles. The Morgan fingerprint density at radius 2 is 1.22 bits per heavy atom. The summed E-state index contributed by atoms with van der Waals surface area (Å²) in [6.07, 6.45) is 3.20. The van der Waals surface area contributed by atoms with Crippen molar-refractivity contribution in [3.63, 3.8) is 0 Å². The standard InChI is InChI=1S/C30H40N4O6S/c1-20(2)16-24(32-27(36)23(31-19-35)14-15-41-3)28(37)33-25(17-21-10-6-4-7-11-21)29(38)34-26(30(39)40)18-22-12-8-5-9-13-22/h4-13,19-20,23-26H,14-18H2,1-3H3,(H,31,35)(H,32,36)(H,33,37)(H,34,38)(H,39,40)/t23-,24+,25-,26+/m0/s1. The number of hydrogen-bond acceptors (Lipinski definition) is 6. The van der Waals surface area contributed by atoms with Crippen LogP contribution in [0.4, 0.5) is 0 Å². The number of benzene rings is 2. The van der Waals surface area contributed by atoms with Gasteiger partial charge in [0.25, 0.3) is 0 Å². The molecule has 0 aliphatic heterocycles. The van der Waals surface area contributed by atoms with Crippen molar-refractivity contribution >= 4 is 41.9 Å². The second kappa shape index (κ2) is 17.8. The van der Waals surface area contributed by atoms with Gasteiger partial charge in [0.05, 0.1) is 0 Å². The summed E-state index contributed by atoms with van der Waals surface area (Å²) in [5.74, 6) is -2.26. The van der Waals surface area contributed by atoms with Crippen molar-refractivity contribution in [2.75, 3.05) is 12.0 Å². The fourth-order valence-electron chi connectivity index (χ4n) is 4.24. The van der Waals surface area contributed by atoms with Crippen molar-refractivity contribution in [1.82, 2.24) is 21.3 Å². The minimum atomic E-state index is -1.21. The Kier molecular flexibility index (Phi) is 14.4. The second-order valence-electron chi connectivity index (χ2n) is 10.1. The third-order valence-corrected chi connectivity index (χ3v) is 6.99. The summed E-state index contributed by atoms with van der Waals surface area (Å²) in [5.41, 5.74) is 1.50. The van der Waals surface area contributed by atoms with Gasteiger partial charge in [-0.15, -0.1) is 0 Å². The van der Waals surface area contributed by atoms with Crippen LogP contribution in [-0.2, 0) is 36.8 Å². The van der Waals surface area contributed by atoms with Crippen LogP contribution >= 0.6 is 11.8 Å². The number of rotatable bonds is 18. The average molecular weight is 585 g/mol. The Labute approximate surface area is 245 Å². The van der Waals surface area contributed by atoms with E-state index in [1.807, 2.05) is 32.2 Å². The highest BCUT2D eigenvalue weighted by atomic mass is 32.2. The van der Waals surface area contributed by atoms with E-state index in [1.54, 1.807) is 48.5 Å². The van der Waals surface area contributed by atoms with Crippen LogP contribution < -0.4 is 21.3 Å². The normalized spacial score (nSPS) is 13.8. The van der Waals surface area contributed by atoms with Crippen molar-refractivity contribution < 1.29 is 29.1 Å². The van der Waals surface area contributed by atoms with Crippen molar-refractivity contribution in [2.45, 2.75) is 63.7 Å². The van der Waals surface area contributed by atoms with Gasteiger partial charge in [-0.1, -0.05) is 74.5 Å². The molecule has 11 heteroatoms. The first-order valence-corrected chi connectivity index (χ1v) is 14.9. The molecule has 0 fully saturated rings. The van der Waals surface area contributed by atoms with Gasteiger partial charge in [-0.25, -0.2) is 4.79 Å². The van der Waals surface area contributed by atoms with Crippen molar-refractivity contribution in [2.24, 2.45) is 5.92 Å². The molecule has 0 aliphatic carbocycles. The smallest absolute Gasteiger partial charge is 0.326 e. The predicted molar refractivity (Wildman–Crippen MR) is 159 cm³/mol. The molecule has 0 bridgehead atoms. The molecule has 4 amide bonds. The molecule has 2 rings (SSSR count). The Bertz CT molecular complexity index is 1130. The summed E-state index contributed by atoms with van der Waals surface area (Å²) < 4.78 is 0. The van der Waals surface area contributed by atoms with E-state index in [0.29, 0.717) is 25.0 Å². The third kappa shape index (κ3) is 12.0. The zero-order chi connectivity index (χ0) is 30.2. The third-order valence-electron chi connectivity index (χ3n) is 6.35. The average Bonchev–Trinajstić information content (AvgIpc) is 2.94. The molecule has 5 N–H and O–H groups in total. The summed E-state index contributed by atoms with van der Waals surface area (Å²) in [7, 11) is 0. The maximum absolute atomic E-state index is 13.5. The van der Waals surface area contributed by atoms with Crippen LogP contribution in [-0.4, -0.2) is 71.4 Å². The molecule has 0 saturated heterocycles. The Hall–Kier alpha value is -3.86. The van der Waals surface area contributed by atoms with E-state index >= 15 is 0 Å². The predicted octanol–water partition coefficient (Wildman–Crippen LogP) is 1.92. The highest BCUT2D eigenvalue weighted by Gasteiger charge is 2.31. The molecule has 0 spiro atoms. The molecule has 222 valence electrons. The van der Waals surface area contributed by atoms with E-state index in [-0.39, 0.29) is 18.8 Å². The molecule has 0 radical (unpaired) electrons. The zero-order valence-electron chi connectivity index (χ0n) is 23.7. The summed E-state index contributed by atoms with van der Waals surface area (Å²) in [4.78, 5) is 63.0. The number of amides is 4. The van der Waals surface area contributed by atoms with Gasteiger partial charge in [0.15, 0.2) is 0 Å². The number of carboxylic acid groups (broad SMARTS) is 1. The van der Waals surface area contributed by atoms with Gasteiger partial charge in [0.1, 0.15) is 24.2 Å². The van der Waals surface area contributed by atoms with E-state index in [9.17, 15) is 29.1 Å². The maximum atomic E-state index is 13.5. The van der Waals surface area contributed by atoms with Gasteiger partial charge in [-0.2, -0.15) is 11.8 Å². The van der Waals surface area contributed by atoms with Crippen molar-refractivity contribution in [3.05, 3.63) is 71.8 Å². The number of carbonyl (C=O) groups excluding carboxylic acids is 4. The lowest BCUT2D eigenvalue weighted by atomic mass is 10.00. The van der Waals surface area contributed by atoms with Crippen LogP contribution in [0.5, 0.6) is 0 Å². The Morgan fingerprint density at radius 3 is 1.71 bits per heavy atom. The minimum absolute atomic E-state index is 0.0263. The lowest BCUT2D eigenvalue weighted by molar-refractivity contribution is -0.142. The fourth-order valence-corrected chi connectivity index (χ4v) is 4.71. The molecule has 41 heavy (non-hydrogen) atoms. The van der Waals surface area contributed by atoms with Crippen LogP contribution in [0, 0.1) is 5.92 Å². The summed E-state index contributed by atoms with van der Waals surface area (Å²) in [6, 6.07) is 13.9. The van der Waals surface area contributed by atoms with E-state index < -0.39 is 47.9 Å². The summed E-state index contributed by atoms with van der Waals surface area (Å²) in [6.45, 7) is 3.80. The van der Waals surface area contributed by atoms with Crippen LogP contribution in [0.2, 0.25) is 0 Å². The fraction of sp³-hybridized carbons (Fsp3) is 0.433. The molecule has 0 heterocycles. The van der Waals surface area contributed by atoms with Gasteiger partial charge in [-0.3, -0.25) is 19.2 Å².